The fourth-order valence-electron chi connectivity index (χ4n) is 3.53. The summed E-state index contributed by atoms with van der Waals surface area (Å²) in [5.74, 6) is -1.93. The molecule has 1 aromatic heterocycles. The van der Waals surface area contributed by atoms with E-state index in [0.717, 1.165) is 6.07 Å². The normalized spacial score (nSPS) is 11.5. The molecule has 4 nitrogen and oxygen atoms in total. The third-order valence-electron chi connectivity index (χ3n) is 4.97. The Labute approximate surface area is 180 Å². The van der Waals surface area contributed by atoms with Gasteiger partial charge in [-0.05, 0) is 30.3 Å². The molecule has 0 bridgehead atoms. The Bertz CT molecular complexity index is 1330. The van der Waals surface area contributed by atoms with E-state index < -0.39 is 29.2 Å². The molecule has 0 fully saturated rings. The second kappa shape index (κ2) is 8.30. The molecule has 0 saturated heterocycles. The molecule has 4 aromatic rings. The van der Waals surface area contributed by atoms with Crippen molar-refractivity contribution in [3.8, 4) is 0 Å². The number of halogens is 4. The highest BCUT2D eigenvalue weighted by molar-refractivity contribution is 6.16. The number of hydrogen-bond donors (Lipinski definition) is 1. The molecule has 4 rings (SSSR count). The summed E-state index contributed by atoms with van der Waals surface area (Å²) in [4.78, 5) is 25.5. The minimum atomic E-state index is -4.62. The summed E-state index contributed by atoms with van der Waals surface area (Å²) in [6.45, 7) is -0.336. The van der Waals surface area contributed by atoms with Gasteiger partial charge in [-0.25, -0.2) is 4.39 Å². The molecule has 0 atom stereocenters. The number of ketones is 1. The predicted molar refractivity (Wildman–Crippen MR) is 112 cm³/mol. The van der Waals surface area contributed by atoms with Gasteiger partial charge in [-0.1, -0.05) is 42.5 Å². The molecule has 1 heterocycles. The van der Waals surface area contributed by atoms with Gasteiger partial charge in [0.2, 0.25) is 5.91 Å². The van der Waals surface area contributed by atoms with E-state index in [-0.39, 0.29) is 23.4 Å². The highest BCUT2D eigenvalue weighted by Gasteiger charge is 2.33. The molecule has 8 heteroatoms. The highest BCUT2D eigenvalue weighted by Crippen LogP contribution is 2.34. The second-order valence-corrected chi connectivity index (χ2v) is 7.09. The summed E-state index contributed by atoms with van der Waals surface area (Å²) < 4.78 is 55.2. The number of anilines is 1. The molecule has 1 N–H and O–H groups in total. The van der Waals surface area contributed by atoms with Gasteiger partial charge in [0.15, 0.2) is 5.78 Å². The second-order valence-electron chi connectivity index (χ2n) is 7.09. The molecule has 3 aromatic carbocycles. The lowest BCUT2D eigenvalue weighted by Gasteiger charge is -2.14. The van der Waals surface area contributed by atoms with Crippen LogP contribution in [0.5, 0.6) is 0 Å². The van der Waals surface area contributed by atoms with Crippen molar-refractivity contribution < 1.29 is 27.2 Å². The number of alkyl halides is 3. The van der Waals surface area contributed by atoms with Crippen molar-refractivity contribution in [2.45, 2.75) is 12.7 Å². The van der Waals surface area contributed by atoms with Crippen molar-refractivity contribution in [1.29, 1.82) is 0 Å². The average molecular weight is 440 g/mol. The average Bonchev–Trinajstić information content (AvgIpc) is 3.11. The zero-order valence-corrected chi connectivity index (χ0v) is 16.5. The number of fused-ring (bicyclic) bond motifs is 1. The van der Waals surface area contributed by atoms with Crippen LogP contribution in [0, 0.1) is 5.82 Å². The highest BCUT2D eigenvalue weighted by atomic mass is 19.4. The molecule has 162 valence electrons. The zero-order valence-electron chi connectivity index (χ0n) is 16.5. The van der Waals surface area contributed by atoms with E-state index in [0.29, 0.717) is 10.9 Å². The van der Waals surface area contributed by atoms with E-state index in [1.165, 1.54) is 47.2 Å². The third-order valence-corrected chi connectivity index (χ3v) is 4.97. The maximum Gasteiger partial charge on any atom is 0.418 e. The predicted octanol–water partition coefficient (Wildman–Crippen LogP) is 5.67. The number of amides is 1. The topological polar surface area (TPSA) is 51.1 Å². The largest absolute Gasteiger partial charge is 0.418 e. The van der Waals surface area contributed by atoms with Crippen LogP contribution in [0.1, 0.15) is 21.5 Å². The van der Waals surface area contributed by atoms with Crippen molar-refractivity contribution in [3.05, 3.63) is 102 Å². The molecule has 0 spiro atoms. The molecule has 0 aliphatic rings. The van der Waals surface area contributed by atoms with Crippen LogP contribution in [-0.2, 0) is 17.5 Å². The number of rotatable bonds is 5. The van der Waals surface area contributed by atoms with Gasteiger partial charge < -0.3 is 9.88 Å². The summed E-state index contributed by atoms with van der Waals surface area (Å²) in [5.41, 5.74) is -0.718. The summed E-state index contributed by atoms with van der Waals surface area (Å²) in [6.07, 6.45) is -3.21. The van der Waals surface area contributed by atoms with Gasteiger partial charge >= 0.3 is 6.18 Å². The standard InChI is InChI=1S/C24H16F4N2O2/c25-19-10-4-1-8-16(19)23(32)17-13-30(21-12-6-2-7-15(17)21)14-22(31)29-20-11-5-3-9-18(20)24(26,27)28/h1-13H,14H2,(H,29,31). The molecule has 0 aliphatic heterocycles. The Morgan fingerprint density at radius 2 is 1.50 bits per heavy atom. The minimum Gasteiger partial charge on any atom is -0.337 e. The molecule has 32 heavy (non-hydrogen) atoms. The summed E-state index contributed by atoms with van der Waals surface area (Å²) >= 11 is 0. The minimum absolute atomic E-state index is 0.112. The van der Waals surface area contributed by atoms with Crippen LogP contribution in [0.2, 0.25) is 0 Å². The van der Waals surface area contributed by atoms with Crippen LogP contribution in [0.15, 0.2) is 79.0 Å². The SMILES string of the molecule is O=C(Cn1cc(C(=O)c2ccccc2F)c2ccccc21)Nc1ccccc1C(F)(F)F. The van der Waals surface area contributed by atoms with Gasteiger partial charge in [0.05, 0.1) is 16.8 Å². The number of nitrogens with one attached hydrogen (secondary N) is 1. The maximum absolute atomic E-state index is 14.1. The molecule has 0 unspecified atom stereocenters. The van der Waals surface area contributed by atoms with Gasteiger partial charge in [0, 0.05) is 22.7 Å². The van der Waals surface area contributed by atoms with Gasteiger partial charge in [-0.2, -0.15) is 13.2 Å². The number of nitrogens with zero attached hydrogens (tertiary/aromatic N) is 1. The summed E-state index contributed by atoms with van der Waals surface area (Å²) in [5, 5.41) is 2.79. The Morgan fingerprint density at radius 1 is 0.844 bits per heavy atom. The number of benzene rings is 3. The van der Waals surface area contributed by atoms with Gasteiger partial charge in [-0.3, -0.25) is 9.59 Å². The molecule has 0 saturated carbocycles. The van der Waals surface area contributed by atoms with Crippen LogP contribution >= 0.6 is 0 Å². The van der Waals surface area contributed by atoms with E-state index in [2.05, 4.69) is 5.32 Å². The first-order valence-corrected chi connectivity index (χ1v) is 9.59. The first kappa shape index (κ1) is 21.3. The molecule has 1 amide bonds. The number of hydrogen-bond acceptors (Lipinski definition) is 2. The maximum atomic E-state index is 14.1. The quantitative estimate of drug-likeness (QED) is 0.321. The van der Waals surface area contributed by atoms with E-state index in [1.807, 2.05) is 0 Å². The number of para-hydroxylation sites is 2. The Hall–Kier alpha value is -3.94. The van der Waals surface area contributed by atoms with E-state index in [9.17, 15) is 27.2 Å². The fourth-order valence-corrected chi connectivity index (χ4v) is 3.53. The van der Waals surface area contributed by atoms with Gasteiger partial charge in [0.1, 0.15) is 12.4 Å². The molecule has 0 radical (unpaired) electrons. The van der Waals surface area contributed by atoms with Crippen molar-refractivity contribution in [3.63, 3.8) is 0 Å². The number of carbonyl (C=O) groups excluding carboxylic acids is 2. The van der Waals surface area contributed by atoms with Crippen LogP contribution in [0.4, 0.5) is 23.2 Å². The summed E-state index contributed by atoms with van der Waals surface area (Å²) in [7, 11) is 0. The first-order chi connectivity index (χ1) is 15.3. The first-order valence-electron chi connectivity index (χ1n) is 9.59. The molecular weight excluding hydrogens is 424 g/mol. The number of carbonyl (C=O) groups is 2. The van der Waals surface area contributed by atoms with Crippen molar-refractivity contribution in [2.75, 3.05) is 5.32 Å². The van der Waals surface area contributed by atoms with Gasteiger partial charge in [-0.15, -0.1) is 0 Å². The fraction of sp³-hybridized carbons (Fsp3) is 0.0833. The van der Waals surface area contributed by atoms with Gasteiger partial charge in [0.25, 0.3) is 0 Å². The van der Waals surface area contributed by atoms with E-state index >= 15 is 0 Å². The van der Waals surface area contributed by atoms with Crippen LogP contribution in [0.25, 0.3) is 10.9 Å². The number of aromatic nitrogens is 1. The lowest BCUT2D eigenvalue weighted by Crippen LogP contribution is -2.20. The monoisotopic (exact) mass is 440 g/mol. The zero-order chi connectivity index (χ0) is 22.9. The Balaban J connectivity index is 1.66. The lowest BCUT2D eigenvalue weighted by molar-refractivity contribution is -0.137. The smallest absolute Gasteiger partial charge is 0.337 e. The molecule has 0 aliphatic carbocycles. The van der Waals surface area contributed by atoms with Crippen molar-refractivity contribution in [2.24, 2.45) is 0 Å². The van der Waals surface area contributed by atoms with Crippen molar-refractivity contribution in [1.82, 2.24) is 4.57 Å². The van der Waals surface area contributed by atoms with Crippen molar-refractivity contribution >= 4 is 28.3 Å². The molecular formula is C24H16F4N2O2. The Morgan fingerprint density at radius 3 is 2.25 bits per heavy atom. The lowest BCUT2D eigenvalue weighted by atomic mass is 10.0. The van der Waals surface area contributed by atoms with Crippen LogP contribution in [-0.4, -0.2) is 16.3 Å². The third kappa shape index (κ3) is 4.12. The van der Waals surface area contributed by atoms with E-state index in [1.54, 1.807) is 30.3 Å². The Kier molecular flexibility index (Phi) is 5.52. The van der Waals surface area contributed by atoms with Crippen LogP contribution in [0.3, 0.4) is 0 Å². The van der Waals surface area contributed by atoms with Crippen LogP contribution < -0.4 is 5.32 Å². The van der Waals surface area contributed by atoms with E-state index in [4.69, 9.17) is 0 Å². The summed E-state index contributed by atoms with van der Waals surface area (Å²) in [6, 6.07) is 17.0.